The molecule has 0 bridgehead atoms. The average Bonchev–Trinajstić information content (AvgIpc) is 2.83. The van der Waals surface area contributed by atoms with Gasteiger partial charge in [0.05, 0.1) is 5.69 Å². The maximum Gasteiger partial charge on any atom is 0.0547 e. The van der Waals surface area contributed by atoms with E-state index in [-0.39, 0.29) is 0 Å². The smallest absolute Gasteiger partial charge is 0.0547 e. The Morgan fingerprint density at radius 2 is 2.11 bits per heavy atom. The van der Waals surface area contributed by atoms with E-state index in [0.29, 0.717) is 6.04 Å². The zero-order valence-corrected chi connectivity index (χ0v) is 11.6. The van der Waals surface area contributed by atoms with Gasteiger partial charge in [0, 0.05) is 24.8 Å². The Labute approximate surface area is 110 Å². The number of aromatic nitrogens is 1. The molecule has 3 heteroatoms. The van der Waals surface area contributed by atoms with E-state index >= 15 is 0 Å². The number of hydrogen-bond acceptors (Lipinski definition) is 3. The summed E-state index contributed by atoms with van der Waals surface area (Å²) < 4.78 is 0. The third-order valence-electron chi connectivity index (χ3n) is 4.11. The lowest BCUT2D eigenvalue weighted by atomic mass is 9.97. The van der Waals surface area contributed by atoms with Crippen molar-refractivity contribution in [1.82, 2.24) is 9.88 Å². The van der Waals surface area contributed by atoms with Gasteiger partial charge >= 0.3 is 0 Å². The van der Waals surface area contributed by atoms with Gasteiger partial charge in [0.15, 0.2) is 0 Å². The monoisotopic (exact) mass is 247 g/mol. The zero-order valence-electron chi connectivity index (χ0n) is 11.6. The summed E-state index contributed by atoms with van der Waals surface area (Å²) >= 11 is 0. The van der Waals surface area contributed by atoms with E-state index in [9.17, 15) is 0 Å². The Balaban J connectivity index is 1.98. The molecule has 18 heavy (non-hydrogen) atoms. The van der Waals surface area contributed by atoms with Gasteiger partial charge in [-0.05, 0) is 44.9 Å². The minimum atomic E-state index is 0.509. The highest BCUT2D eigenvalue weighted by atomic mass is 15.1. The Bertz CT molecular complexity index is 372. The molecule has 1 unspecified atom stereocenters. The summed E-state index contributed by atoms with van der Waals surface area (Å²) in [4.78, 5) is 6.96. The topological polar surface area (TPSA) is 42.1 Å². The van der Waals surface area contributed by atoms with Gasteiger partial charge in [0.1, 0.15) is 0 Å². The zero-order chi connectivity index (χ0) is 13.0. The van der Waals surface area contributed by atoms with Crippen molar-refractivity contribution < 1.29 is 0 Å². The molecule has 3 nitrogen and oxygen atoms in total. The second-order valence-corrected chi connectivity index (χ2v) is 5.53. The van der Waals surface area contributed by atoms with Gasteiger partial charge in [-0.1, -0.05) is 18.9 Å². The summed E-state index contributed by atoms with van der Waals surface area (Å²) in [5.41, 5.74) is 8.21. The number of hydrogen-bond donors (Lipinski definition) is 1. The van der Waals surface area contributed by atoms with Gasteiger partial charge in [0.2, 0.25) is 0 Å². The lowest BCUT2D eigenvalue weighted by Gasteiger charge is -2.31. The quantitative estimate of drug-likeness (QED) is 0.868. The van der Waals surface area contributed by atoms with E-state index in [4.69, 9.17) is 5.73 Å². The molecule has 1 heterocycles. The highest BCUT2D eigenvalue weighted by molar-refractivity contribution is 5.10. The highest BCUT2D eigenvalue weighted by Gasteiger charge is 2.27. The van der Waals surface area contributed by atoms with Crippen LogP contribution in [0.1, 0.15) is 37.1 Å². The summed E-state index contributed by atoms with van der Waals surface area (Å²) in [5.74, 6) is 0.782. The van der Waals surface area contributed by atoms with Crippen LogP contribution in [-0.4, -0.2) is 29.5 Å². The molecular weight excluding hydrogens is 222 g/mol. The van der Waals surface area contributed by atoms with Crippen molar-refractivity contribution >= 4 is 0 Å². The van der Waals surface area contributed by atoms with Gasteiger partial charge in [0.25, 0.3) is 0 Å². The minimum Gasteiger partial charge on any atom is -0.329 e. The summed E-state index contributed by atoms with van der Waals surface area (Å²) in [7, 11) is 2.18. The van der Waals surface area contributed by atoms with Gasteiger partial charge in [-0.25, -0.2) is 0 Å². The van der Waals surface area contributed by atoms with E-state index in [1.165, 1.54) is 25.7 Å². The first kappa shape index (κ1) is 13.5. The van der Waals surface area contributed by atoms with Crippen LogP contribution in [0.2, 0.25) is 0 Å². The maximum absolute atomic E-state index is 5.97. The van der Waals surface area contributed by atoms with Crippen LogP contribution in [0, 0.1) is 12.8 Å². The van der Waals surface area contributed by atoms with Gasteiger partial charge in [-0.3, -0.25) is 9.88 Å². The second-order valence-electron chi connectivity index (χ2n) is 5.53. The van der Waals surface area contributed by atoms with Crippen molar-refractivity contribution in [1.29, 1.82) is 0 Å². The molecule has 1 aromatic heterocycles. The van der Waals surface area contributed by atoms with Crippen LogP contribution >= 0.6 is 0 Å². The molecule has 0 aromatic carbocycles. The number of pyridine rings is 1. The van der Waals surface area contributed by atoms with E-state index < -0.39 is 0 Å². The first-order valence-electron chi connectivity index (χ1n) is 7.03. The van der Waals surface area contributed by atoms with Crippen LogP contribution in [0.5, 0.6) is 0 Å². The molecule has 1 fully saturated rings. The van der Waals surface area contributed by atoms with Crippen molar-refractivity contribution in [3.8, 4) is 0 Å². The lowest BCUT2D eigenvalue weighted by molar-refractivity contribution is 0.172. The molecule has 1 atom stereocenters. The fourth-order valence-corrected chi connectivity index (χ4v) is 3.13. The second kappa shape index (κ2) is 6.30. The summed E-state index contributed by atoms with van der Waals surface area (Å²) in [6.45, 7) is 3.70. The van der Waals surface area contributed by atoms with Crippen LogP contribution < -0.4 is 5.73 Å². The van der Waals surface area contributed by atoms with E-state index in [1.54, 1.807) is 0 Å². The Morgan fingerprint density at radius 1 is 1.39 bits per heavy atom. The first-order valence-corrected chi connectivity index (χ1v) is 7.03. The molecule has 100 valence electrons. The molecular formula is C15H25N3. The van der Waals surface area contributed by atoms with E-state index in [2.05, 4.69) is 29.1 Å². The molecule has 2 rings (SSSR count). The first-order chi connectivity index (χ1) is 8.70. The van der Waals surface area contributed by atoms with Crippen LogP contribution in [0.25, 0.3) is 0 Å². The predicted octanol–water partition coefficient (Wildman–Crippen LogP) is 2.34. The number of rotatable bonds is 5. The average molecular weight is 247 g/mol. The Morgan fingerprint density at radius 3 is 2.72 bits per heavy atom. The minimum absolute atomic E-state index is 0.509. The fourth-order valence-electron chi connectivity index (χ4n) is 3.13. The molecule has 1 aliphatic rings. The van der Waals surface area contributed by atoms with Crippen molar-refractivity contribution in [2.24, 2.45) is 11.7 Å². The number of aryl methyl sites for hydroxylation is 1. The summed E-state index contributed by atoms with van der Waals surface area (Å²) in [6.07, 6.45) is 5.43. The Hall–Kier alpha value is -0.930. The normalized spacial score (nSPS) is 18.4. The highest BCUT2D eigenvalue weighted by Crippen LogP contribution is 2.29. The van der Waals surface area contributed by atoms with Crippen molar-refractivity contribution in [3.05, 3.63) is 29.6 Å². The van der Waals surface area contributed by atoms with Gasteiger partial charge in [-0.2, -0.15) is 0 Å². The maximum atomic E-state index is 5.97. The summed E-state index contributed by atoms with van der Waals surface area (Å²) in [6, 6.07) is 6.74. The van der Waals surface area contributed by atoms with Gasteiger partial charge < -0.3 is 5.73 Å². The number of nitrogens with two attached hydrogens (primary N) is 1. The molecule has 0 saturated heterocycles. The molecule has 1 aromatic rings. The van der Waals surface area contributed by atoms with Crippen molar-refractivity contribution in [3.63, 3.8) is 0 Å². The van der Waals surface area contributed by atoms with E-state index in [1.807, 2.05) is 13.0 Å². The number of likely N-dealkylation sites (N-methyl/N-ethyl adjacent to an activating group) is 1. The molecule has 0 aliphatic heterocycles. The van der Waals surface area contributed by atoms with Crippen LogP contribution in [0.15, 0.2) is 18.2 Å². The molecule has 2 N–H and O–H groups in total. The van der Waals surface area contributed by atoms with Gasteiger partial charge in [-0.15, -0.1) is 0 Å². The molecule has 0 radical (unpaired) electrons. The lowest BCUT2D eigenvalue weighted by Crippen LogP contribution is -2.42. The van der Waals surface area contributed by atoms with Crippen molar-refractivity contribution in [2.45, 2.75) is 45.2 Å². The summed E-state index contributed by atoms with van der Waals surface area (Å²) in [5, 5.41) is 0. The molecule has 1 aliphatic carbocycles. The van der Waals surface area contributed by atoms with Crippen LogP contribution in [0.4, 0.5) is 0 Å². The third-order valence-corrected chi connectivity index (χ3v) is 4.11. The third kappa shape index (κ3) is 3.30. The number of nitrogens with zero attached hydrogens (tertiary/aromatic N) is 2. The molecule has 0 spiro atoms. The molecule has 0 amide bonds. The van der Waals surface area contributed by atoms with Crippen molar-refractivity contribution in [2.75, 3.05) is 13.6 Å². The molecule has 1 saturated carbocycles. The predicted molar refractivity (Wildman–Crippen MR) is 75.2 cm³/mol. The van der Waals surface area contributed by atoms with E-state index in [0.717, 1.165) is 30.4 Å². The standard InChI is InChI=1S/C15H25N3/c1-12-6-5-9-14(17-12)11-18(2)15(10-16)13-7-3-4-8-13/h5-6,9,13,15H,3-4,7-8,10-11,16H2,1-2H3. The fraction of sp³-hybridized carbons (Fsp3) is 0.667. The Kier molecular flexibility index (Phi) is 4.72. The largest absolute Gasteiger partial charge is 0.329 e. The van der Waals surface area contributed by atoms with Crippen LogP contribution in [-0.2, 0) is 6.54 Å². The SMILES string of the molecule is Cc1cccc(CN(C)C(CN)C2CCCC2)n1. The van der Waals surface area contributed by atoms with Crippen LogP contribution in [0.3, 0.4) is 0 Å².